The van der Waals surface area contributed by atoms with E-state index in [4.69, 9.17) is 9.47 Å². The first-order valence-electron chi connectivity index (χ1n) is 10.1. The molecule has 0 aromatic heterocycles. The summed E-state index contributed by atoms with van der Waals surface area (Å²) in [5.74, 6) is -1.32. The maximum atomic E-state index is 12.7. The molecule has 0 heterocycles. The van der Waals surface area contributed by atoms with Crippen molar-refractivity contribution in [2.45, 2.75) is 60.5 Å². The van der Waals surface area contributed by atoms with Crippen LogP contribution in [0.25, 0.3) is 0 Å². The summed E-state index contributed by atoms with van der Waals surface area (Å²) in [4.78, 5) is 47.6. The Hall–Kier alpha value is -2.90. The van der Waals surface area contributed by atoms with Gasteiger partial charge in [-0.25, -0.2) is 0 Å². The smallest absolute Gasteiger partial charge is 0.316 e. The fourth-order valence-electron chi connectivity index (χ4n) is 2.27. The molecule has 30 heavy (non-hydrogen) atoms. The third-order valence-electron chi connectivity index (χ3n) is 4.04. The minimum absolute atomic E-state index is 0.00338. The number of carbonyl (C=O) groups excluding carboxylic acids is 4. The third-order valence-corrected chi connectivity index (χ3v) is 4.04. The fourth-order valence-corrected chi connectivity index (χ4v) is 2.27. The van der Waals surface area contributed by atoms with Crippen molar-refractivity contribution >= 4 is 23.8 Å². The lowest BCUT2D eigenvalue weighted by Crippen LogP contribution is -2.35. The molecule has 8 nitrogen and oxygen atoms in total. The first-order chi connectivity index (χ1) is 14.0. The number of nitrogens with one attached hydrogen (secondary N) is 2. The molecule has 0 atom stereocenters. The van der Waals surface area contributed by atoms with Crippen LogP contribution < -0.4 is 15.4 Å². The summed E-state index contributed by atoms with van der Waals surface area (Å²) in [5.41, 5.74) is -0.0132. The Morgan fingerprint density at radius 1 is 1.03 bits per heavy atom. The van der Waals surface area contributed by atoms with Gasteiger partial charge in [0.25, 0.3) is 5.91 Å². The average Bonchev–Trinajstić information content (AvgIpc) is 2.67. The van der Waals surface area contributed by atoms with Crippen molar-refractivity contribution in [1.29, 1.82) is 0 Å². The lowest BCUT2D eigenvalue weighted by atomic mass is 9.97. The van der Waals surface area contributed by atoms with E-state index >= 15 is 0 Å². The van der Waals surface area contributed by atoms with Gasteiger partial charge in [-0.2, -0.15) is 0 Å². The fraction of sp³-hybridized carbons (Fsp3) is 0.545. The highest BCUT2D eigenvalue weighted by molar-refractivity contribution is 5.98. The summed E-state index contributed by atoms with van der Waals surface area (Å²) in [5, 5.41) is 5.44. The van der Waals surface area contributed by atoms with Gasteiger partial charge in [-0.1, -0.05) is 19.4 Å². The minimum atomic E-state index is -0.743. The van der Waals surface area contributed by atoms with Gasteiger partial charge in [-0.05, 0) is 44.9 Å². The van der Waals surface area contributed by atoms with E-state index in [2.05, 4.69) is 10.6 Å². The topological polar surface area (TPSA) is 111 Å². The molecule has 0 radical (unpaired) electrons. The predicted octanol–water partition coefficient (Wildman–Crippen LogP) is 2.74. The van der Waals surface area contributed by atoms with E-state index in [1.165, 1.54) is 19.1 Å². The van der Waals surface area contributed by atoms with E-state index < -0.39 is 23.3 Å². The lowest BCUT2D eigenvalue weighted by molar-refractivity contribution is -0.143. The Balaban J connectivity index is 2.85. The van der Waals surface area contributed by atoms with E-state index in [0.717, 1.165) is 12.8 Å². The molecule has 1 aromatic carbocycles. The molecule has 0 unspecified atom stereocenters. The average molecular weight is 421 g/mol. The number of esters is 2. The quantitative estimate of drug-likeness (QED) is 0.342. The highest BCUT2D eigenvalue weighted by atomic mass is 16.5. The van der Waals surface area contributed by atoms with Gasteiger partial charge in [-0.3, -0.25) is 19.2 Å². The van der Waals surface area contributed by atoms with Crippen LogP contribution in [0.5, 0.6) is 5.75 Å². The first-order valence-corrected chi connectivity index (χ1v) is 10.1. The van der Waals surface area contributed by atoms with Crippen molar-refractivity contribution in [2.24, 2.45) is 5.41 Å². The van der Waals surface area contributed by atoms with E-state index in [-0.39, 0.29) is 30.4 Å². The molecular formula is C22H32N2O6. The molecule has 0 spiro atoms. The molecule has 0 aliphatic heterocycles. The summed E-state index contributed by atoms with van der Waals surface area (Å²) in [6, 6.07) is 4.65. The Bertz CT molecular complexity index is 767. The van der Waals surface area contributed by atoms with Crippen molar-refractivity contribution < 1.29 is 28.7 Å². The number of ether oxygens (including phenoxy) is 2. The number of benzene rings is 1. The van der Waals surface area contributed by atoms with Gasteiger partial charge in [0, 0.05) is 26.4 Å². The lowest BCUT2D eigenvalue weighted by Gasteiger charge is -2.18. The molecule has 0 aliphatic rings. The van der Waals surface area contributed by atoms with Gasteiger partial charge in [0.15, 0.2) is 0 Å². The predicted molar refractivity (Wildman–Crippen MR) is 112 cm³/mol. The number of hydrogen-bond donors (Lipinski definition) is 2. The molecule has 1 aromatic rings. The summed E-state index contributed by atoms with van der Waals surface area (Å²) in [6.07, 6.45) is 2.20. The SMILES string of the molecule is CCCCC(=O)NCCNC(=O)c1cc(COC(C)=O)ccc1OC(=O)C(C)(C)C. The van der Waals surface area contributed by atoms with Crippen LogP contribution in [0.4, 0.5) is 0 Å². The minimum Gasteiger partial charge on any atom is -0.461 e. The molecule has 0 bridgehead atoms. The van der Waals surface area contributed by atoms with E-state index in [1.807, 2.05) is 6.92 Å². The van der Waals surface area contributed by atoms with Crippen LogP contribution in [0, 0.1) is 5.41 Å². The summed E-state index contributed by atoms with van der Waals surface area (Å²) < 4.78 is 10.4. The molecule has 2 amide bonds. The molecule has 1 rings (SSSR count). The first kappa shape index (κ1) is 25.1. The third kappa shape index (κ3) is 9.07. The highest BCUT2D eigenvalue weighted by Crippen LogP contribution is 2.25. The van der Waals surface area contributed by atoms with Crippen molar-refractivity contribution in [2.75, 3.05) is 13.1 Å². The number of amides is 2. The molecule has 166 valence electrons. The second-order valence-corrected chi connectivity index (χ2v) is 7.96. The summed E-state index contributed by atoms with van der Waals surface area (Å²) in [6.45, 7) is 8.95. The van der Waals surface area contributed by atoms with E-state index in [0.29, 0.717) is 18.5 Å². The van der Waals surface area contributed by atoms with E-state index in [9.17, 15) is 19.2 Å². The normalized spacial score (nSPS) is 10.8. The van der Waals surface area contributed by atoms with Gasteiger partial charge in [0.05, 0.1) is 11.0 Å². The zero-order chi connectivity index (χ0) is 22.7. The van der Waals surface area contributed by atoms with Gasteiger partial charge in [-0.15, -0.1) is 0 Å². The summed E-state index contributed by atoms with van der Waals surface area (Å²) in [7, 11) is 0. The van der Waals surface area contributed by atoms with Crippen LogP contribution in [0.2, 0.25) is 0 Å². The standard InChI is InChI=1S/C22H32N2O6/c1-6-7-8-19(26)23-11-12-24-20(27)17-13-16(14-29-15(2)25)9-10-18(17)30-21(28)22(3,4)5/h9-10,13H,6-8,11-12,14H2,1-5H3,(H,23,26)(H,24,27). The van der Waals surface area contributed by atoms with Gasteiger partial charge < -0.3 is 20.1 Å². The molecular weight excluding hydrogens is 388 g/mol. The molecule has 0 aliphatic carbocycles. The van der Waals surface area contributed by atoms with Crippen LogP contribution >= 0.6 is 0 Å². The molecule has 0 fully saturated rings. The Labute approximate surface area is 177 Å². The maximum absolute atomic E-state index is 12.7. The highest BCUT2D eigenvalue weighted by Gasteiger charge is 2.26. The van der Waals surface area contributed by atoms with E-state index in [1.54, 1.807) is 26.8 Å². The Morgan fingerprint density at radius 2 is 1.70 bits per heavy atom. The number of rotatable bonds is 10. The molecule has 0 saturated carbocycles. The van der Waals surface area contributed by atoms with Crippen LogP contribution in [0.1, 0.15) is 69.8 Å². The number of unbranched alkanes of at least 4 members (excludes halogenated alkanes) is 1. The second kappa shape index (κ2) is 11.9. The summed E-state index contributed by atoms with van der Waals surface area (Å²) >= 11 is 0. The van der Waals surface area contributed by atoms with Crippen LogP contribution in [0.15, 0.2) is 18.2 Å². The van der Waals surface area contributed by atoms with Crippen molar-refractivity contribution in [3.8, 4) is 5.75 Å². The monoisotopic (exact) mass is 420 g/mol. The van der Waals surface area contributed by atoms with Crippen LogP contribution in [-0.4, -0.2) is 36.8 Å². The zero-order valence-electron chi connectivity index (χ0n) is 18.4. The van der Waals surface area contributed by atoms with Crippen LogP contribution in [0.3, 0.4) is 0 Å². The molecule has 0 saturated heterocycles. The van der Waals surface area contributed by atoms with Gasteiger partial charge >= 0.3 is 11.9 Å². The van der Waals surface area contributed by atoms with Crippen molar-refractivity contribution in [3.05, 3.63) is 29.3 Å². The Kier molecular flexibility index (Phi) is 10.0. The molecule has 2 N–H and O–H groups in total. The van der Waals surface area contributed by atoms with Crippen molar-refractivity contribution in [1.82, 2.24) is 10.6 Å². The second-order valence-electron chi connectivity index (χ2n) is 7.96. The Morgan fingerprint density at radius 3 is 2.30 bits per heavy atom. The number of hydrogen-bond acceptors (Lipinski definition) is 6. The molecule has 8 heteroatoms. The maximum Gasteiger partial charge on any atom is 0.316 e. The van der Waals surface area contributed by atoms with Crippen LogP contribution in [-0.2, 0) is 25.7 Å². The van der Waals surface area contributed by atoms with Gasteiger partial charge in [0.1, 0.15) is 12.4 Å². The van der Waals surface area contributed by atoms with Gasteiger partial charge in [0.2, 0.25) is 5.91 Å². The number of carbonyl (C=O) groups is 4. The van der Waals surface area contributed by atoms with Crippen molar-refractivity contribution in [3.63, 3.8) is 0 Å². The largest absolute Gasteiger partial charge is 0.461 e. The zero-order valence-corrected chi connectivity index (χ0v) is 18.4.